The molecule has 0 spiro atoms. The van der Waals surface area contributed by atoms with Gasteiger partial charge in [0.2, 0.25) is 0 Å². The van der Waals surface area contributed by atoms with Crippen LogP contribution in [0.5, 0.6) is 0 Å². The molecule has 2 aromatic rings. The zero-order chi connectivity index (χ0) is 15.8. The van der Waals surface area contributed by atoms with Crippen molar-refractivity contribution in [2.45, 2.75) is 51.4 Å². The Morgan fingerprint density at radius 1 is 0.783 bits per heavy atom. The Balaban J connectivity index is 1.86. The number of hydrogen-bond donors (Lipinski definition) is 0. The summed E-state index contributed by atoms with van der Waals surface area (Å²) in [5.74, 6) is 0. The topological polar surface area (TPSA) is 43.1 Å². The minimum atomic E-state index is -0.327. The summed E-state index contributed by atoms with van der Waals surface area (Å²) < 4.78 is 0. The maximum Gasteiger partial charge on any atom is 0.269 e. The van der Waals surface area contributed by atoms with Crippen molar-refractivity contribution in [2.24, 2.45) is 0 Å². The van der Waals surface area contributed by atoms with Crippen molar-refractivity contribution < 1.29 is 4.92 Å². The summed E-state index contributed by atoms with van der Waals surface area (Å²) in [5, 5.41) is 10.9. The van der Waals surface area contributed by atoms with E-state index in [2.05, 4.69) is 6.07 Å². The van der Waals surface area contributed by atoms with Crippen LogP contribution in [-0.2, 0) is 25.7 Å². The lowest BCUT2D eigenvalue weighted by molar-refractivity contribution is -0.384. The molecule has 0 N–H and O–H groups in total. The Hall–Kier alpha value is -2.16. The van der Waals surface area contributed by atoms with Gasteiger partial charge in [-0.2, -0.15) is 0 Å². The standard InChI is InChI=1S/C20H21NO2/c22-21(23)16-11-9-14(10-12-16)20-13-15-5-1-2-6-17(15)18-7-3-4-8-19(18)20/h9-13H,1-8H2. The van der Waals surface area contributed by atoms with Gasteiger partial charge in [0, 0.05) is 12.1 Å². The molecule has 0 fully saturated rings. The zero-order valence-corrected chi connectivity index (χ0v) is 13.3. The molecule has 118 valence electrons. The van der Waals surface area contributed by atoms with Gasteiger partial charge >= 0.3 is 0 Å². The summed E-state index contributed by atoms with van der Waals surface area (Å²) >= 11 is 0. The number of non-ortho nitro benzene ring substituents is 1. The molecule has 0 atom stereocenters. The van der Waals surface area contributed by atoms with Crippen LogP contribution in [0.1, 0.15) is 47.9 Å². The van der Waals surface area contributed by atoms with Gasteiger partial charge in [-0.1, -0.05) is 6.07 Å². The van der Waals surface area contributed by atoms with Gasteiger partial charge in [0.15, 0.2) is 0 Å². The summed E-state index contributed by atoms with van der Waals surface area (Å²) in [6, 6.07) is 9.46. The van der Waals surface area contributed by atoms with E-state index >= 15 is 0 Å². The Bertz CT molecular complexity index is 762. The predicted molar refractivity (Wildman–Crippen MR) is 91.8 cm³/mol. The van der Waals surface area contributed by atoms with Crippen LogP contribution >= 0.6 is 0 Å². The van der Waals surface area contributed by atoms with Crippen LogP contribution in [0.3, 0.4) is 0 Å². The molecule has 0 aromatic heterocycles. The molecule has 0 saturated carbocycles. The van der Waals surface area contributed by atoms with Gasteiger partial charge in [-0.05, 0) is 96.9 Å². The number of benzene rings is 2. The van der Waals surface area contributed by atoms with Gasteiger partial charge in [-0.15, -0.1) is 0 Å². The van der Waals surface area contributed by atoms with Gasteiger partial charge in [-0.25, -0.2) is 0 Å². The van der Waals surface area contributed by atoms with E-state index in [1.165, 1.54) is 61.6 Å². The Morgan fingerprint density at radius 3 is 2.09 bits per heavy atom. The molecule has 2 aliphatic carbocycles. The third kappa shape index (κ3) is 2.54. The Labute approximate surface area is 136 Å². The average molecular weight is 307 g/mol. The second kappa shape index (κ2) is 5.80. The molecule has 0 unspecified atom stereocenters. The maximum atomic E-state index is 10.9. The maximum absolute atomic E-state index is 10.9. The van der Waals surface area contributed by atoms with Crippen LogP contribution in [0.25, 0.3) is 11.1 Å². The van der Waals surface area contributed by atoms with Crippen LogP contribution in [-0.4, -0.2) is 4.92 Å². The molecule has 2 aromatic carbocycles. The van der Waals surface area contributed by atoms with Crippen molar-refractivity contribution >= 4 is 5.69 Å². The lowest BCUT2D eigenvalue weighted by Crippen LogP contribution is -2.14. The zero-order valence-electron chi connectivity index (χ0n) is 13.3. The molecular weight excluding hydrogens is 286 g/mol. The number of aryl methyl sites for hydroxylation is 1. The smallest absolute Gasteiger partial charge is 0.258 e. The van der Waals surface area contributed by atoms with E-state index in [4.69, 9.17) is 0 Å². The molecular formula is C20H21NO2. The van der Waals surface area contributed by atoms with Gasteiger partial charge in [0.1, 0.15) is 0 Å². The number of nitro benzene ring substituents is 1. The van der Waals surface area contributed by atoms with Crippen molar-refractivity contribution in [3.8, 4) is 11.1 Å². The predicted octanol–water partition coefficient (Wildman–Crippen LogP) is 5.02. The second-order valence-electron chi connectivity index (χ2n) is 6.74. The number of nitro groups is 1. The van der Waals surface area contributed by atoms with E-state index in [0.29, 0.717) is 0 Å². The highest BCUT2D eigenvalue weighted by Gasteiger charge is 2.22. The first-order chi connectivity index (χ1) is 11.2. The summed E-state index contributed by atoms with van der Waals surface area (Å²) in [7, 11) is 0. The molecule has 0 radical (unpaired) electrons. The van der Waals surface area contributed by atoms with Crippen molar-refractivity contribution in [3.05, 3.63) is 62.7 Å². The lowest BCUT2D eigenvalue weighted by atomic mass is 9.77. The van der Waals surface area contributed by atoms with Crippen molar-refractivity contribution in [1.82, 2.24) is 0 Å². The Kier molecular flexibility index (Phi) is 3.64. The normalized spacial score (nSPS) is 16.5. The van der Waals surface area contributed by atoms with Crippen LogP contribution in [0, 0.1) is 10.1 Å². The largest absolute Gasteiger partial charge is 0.269 e. The minimum absolute atomic E-state index is 0.167. The number of hydrogen-bond acceptors (Lipinski definition) is 2. The van der Waals surface area contributed by atoms with Crippen molar-refractivity contribution in [2.75, 3.05) is 0 Å². The fraction of sp³-hybridized carbons (Fsp3) is 0.400. The molecule has 0 amide bonds. The van der Waals surface area contributed by atoms with Gasteiger partial charge < -0.3 is 0 Å². The van der Waals surface area contributed by atoms with Gasteiger partial charge in [0.05, 0.1) is 4.92 Å². The minimum Gasteiger partial charge on any atom is -0.258 e. The van der Waals surface area contributed by atoms with E-state index in [9.17, 15) is 10.1 Å². The first-order valence-electron chi connectivity index (χ1n) is 8.65. The molecule has 0 aliphatic heterocycles. The third-order valence-corrected chi connectivity index (χ3v) is 5.38. The molecule has 2 aliphatic rings. The van der Waals surface area contributed by atoms with Gasteiger partial charge in [0.25, 0.3) is 5.69 Å². The SMILES string of the molecule is O=[N+]([O-])c1ccc(-c2cc3c(c4c2CCCC4)CCCC3)cc1. The molecule has 0 bridgehead atoms. The highest BCUT2D eigenvalue weighted by atomic mass is 16.6. The lowest BCUT2D eigenvalue weighted by Gasteiger charge is -2.28. The van der Waals surface area contributed by atoms with E-state index in [0.717, 1.165) is 12.0 Å². The van der Waals surface area contributed by atoms with Crippen LogP contribution < -0.4 is 0 Å². The van der Waals surface area contributed by atoms with Crippen LogP contribution in [0.2, 0.25) is 0 Å². The quantitative estimate of drug-likeness (QED) is 0.577. The van der Waals surface area contributed by atoms with Crippen LogP contribution in [0.4, 0.5) is 5.69 Å². The molecule has 23 heavy (non-hydrogen) atoms. The van der Waals surface area contributed by atoms with Crippen molar-refractivity contribution in [3.63, 3.8) is 0 Å². The summed E-state index contributed by atoms with van der Waals surface area (Å²) in [6.07, 6.45) is 9.92. The fourth-order valence-electron chi connectivity index (χ4n) is 4.25. The van der Waals surface area contributed by atoms with E-state index < -0.39 is 0 Å². The molecule has 0 heterocycles. The van der Waals surface area contributed by atoms with Gasteiger partial charge in [-0.3, -0.25) is 10.1 Å². The van der Waals surface area contributed by atoms with Crippen molar-refractivity contribution in [1.29, 1.82) is 0 Å². The third-order valence-electron chi connectivity index (χ3n) is 5.38. The highest BCUT2D eigenvalue weighted by Crippen LogP contribution is 2.38. The first-order valence-corrected chi connectivity index (χ1v) is 8.65. The highest BCUT2D eigenvalue weighted by molar-refractivity contribution is 5.72. The second-order valence-corrected chi connectivity index (χ2v) is 6.74. The van der Waals surface area contributed by atoms with Crippen LogP contribution in [0.15, 0.2) is 30.3 Å². The molecule has 3 heteroatoms. The average Bonchev–Trinajstić information content (AvgIpc) is 2.61. The molecule has 3 nitrogen and oxygen atoms in total. The number of rotatable bonds is 2. The van der Waals surface area contributed by atoms with E-state index in [1.54, 1.807) is 23.3 Å². The van der Waals surface area contributed by atoms with E-state index in [-0.39, 0.29) is 10.6 Å². The number of nitrogens with zero attached hydrogens (tertiary/aromatic N) is 1. The fourth-order valence-corrected chi connectivity index (χ4v) is 4.25. The Morgan fingerprint density at radius 2 is 1.39 bits per heavy atom. The summed E-state index contributed by atoms with van der Waals surface area (Å²) in [4.78, 5) is 10.6. The first kappa shape index (κ1) is 14.4. The molecule has 4 rings (SSSR count). The monoisotopic (exact) mass is 307 g/mol. The summed E-state index contributed by atoms with van der Waals surface area (Å²) in [6.45, 7) is 0. The van der Waals surface area contributed by atoms with E-state index in [1.807, 2.05) is 12.1 Å². The molecule has 0 saturated heterocycles. The number of fused-ring (bicyclic) bond motifs is 3. The summed E-state index contributed by atoms with van der Waals surface area (Å²) in [5.41, 5.74) is 8.85.